The smallest absolute Gasteiger partial charge is 0.123 e. The Kier molecular flexibility index (Phi) is 3.45. The third-order valence-corrected chi connectivity index (χ3v) is 2.61. The van der Waals surface area contributed by atoms with Gasteiger partial charge in [0.25, 0.3) is 0 Å². The monoisotopic (exact) mass is 250 g/mol. The number of hydrogen-bond donors (Lipinski definition) is 0. The van der Waals surface area contributed by atoms with Gasteiger partial charge in [0.1, 0.15) is 9.17 Å². The topological polar surface area (TPSA) is 12.5 Å². The van der Waals surface area contributed by atoms with Crippen LogP contribution in [0.25, 0.3) is 0 Å². The molecule has 0 aromatic carbocycles. The maximum absolute atomic E-state index is 5.97. The van der Waals surface area contributed by atoms with Gasteiger partial charge in [-0.3, -0.25) is 0 Å². The first-order valence-corrected chi connectivity index (χ1v) is 5.26. The molecule has 1 aliphatic heterocycles. The molecule has 0 aliphatic carbocycles. The summed E-state index contributed by atoms with van der Waals surface area (Å²) in [5.41, 5.74) is -0.161. The van der Waals surface area contributed by atoms with Crippen LogP contribution in [0.15, 0.2) is 0 Å². The average Bonchev–Trinajstić information content (AvgIpc) is 2.40. The Balaban J connectivity index is 2.37. The van der Waals surface area contributed by atoms with Crippen molar-refractivity contribution in [1.29, 1.82) is 0 Å². The van der Waals surface area contributed by atoms with Crippen molar-refractivity contribution in [2.75, 3.05) is 6.61 Å². The molecule has 1 unspecified atom stereocenters. The standard InChI is InChI=1S/C7H10Cl4O/c1-6(4-12-6)3-7(10,11)2-5(8)9/h5H,2-4H2,1H3. The summed E-state index contributed by atoms with van der Waals surface area (Å²) in [4.78, 5) is -0.526. The lowest BCUT2D eigenvalue weighted by atomic mass is 10.1. The summed E-state index contributed by atoms with van der Waals surface area (Å²) in [5, 5.41) is 0. The number of hydrogen-bond acceptors (Lipinski definition) is 1. The first kappa shape index (κ1) is 11.2. The van der Waals surface area contributed by atoms with E-state index in [0.29, 0.717) is 19.4 Å². The predicted octanol–water partition coefficient (Wildman–Crippen LogP) is 3.53. The van der Waals surface area contributed by atoms with E-state index in [1.54, 1.807) is 0 Å². The van der Waals surface area contributed by atoms with Crippen LogP contribution in [-0.2, 0) is 4.74 Å². The summed E-state index contributed by atoms with van der Waals surface area (Å²) in [5.74, 6) is 0. The number of ether oxygens (including phenoxy) is 1. The molecule has 0 saturated carbocycles. The van der Waals surface area contributed by atoms with Gasteiger partial charge in [-0.15, -0.1) is 46.4 Å². The first-order chi connectivity index (χ1) is 5.33. The summed E-state index contributed by atoms with van der Waals surface area (Å²) < 4.78 is 4.28. The second-order valence-corrected chi connectivity index (χ2v) is 6.28. The molecule has 1 aliphatic rings. The Morgan fingerprint density at radius 2 is 2.00 bits per heavy atom. The molecule has 0 spiro atoms. The van der Waals surface area contributed by atoms with E-state index in [1.807, 2.05) is 6.92 Å². The van der Waals surface area contributed by atoms with Crippen molar-refractivity contribution in [3.8, 4) is 0 Å². The summed E-state index contributed by atoms with van der Waals surface area (Å²) >= 11 is 23.1. The molecule has 0 N–H and O–H groups in total. The molecule has 72 valence electrons. The van der Waals surface area contributed by atoms with Crippen molar-refractivity contribution in [3.05, 3.63) is 0 Å². The van der Waals surface area contributed by atoms with Crippen molar-refractivity contribution >= 4 is 46.4 Å². The molecule has 1 heterocycles. The van der Waals surface area contributed by atoms with Gasteiger partial charge in [-0.05, 0) is 6.92 Å². The Bertz CT molecular complexity index is 165. The van der Waals surface area contributed by atoms with Crippen LogP contribution in [0.2, 0.25) is 0 Å². The maximum atomic E-state index is 5.97. The van der Waals surface area contributed by atoms with Crippen LogP contribution in [-0.4, -0.2) is 21.4 Å². The van der Waals surface area contributed by atoms with E-state index >= 15 is 0 Å². The van der Waals surface area contributed by atoms with E-state index in [2.05, 4.69) is 0 Å². The molecule has 0 bridgehead atoms. The zero-order valence-electron chi connectivity index (χ0n) is 6.62. The molecule has 0 radical (unpaired) electrons. The number of epoxide rings is 1. The van der Waals surface area contributed by atoms with Gasteiger partial charge in [0.2, 0.25) is 0 Å². The minimum absolute atomic E-state index is 0.161. The Hall–Kier alpha value is 1.12. The second kappa shape index (κ2) is 3.70. The van der Waals surface area contributed by atoms with Crippen LogP contribution in [0.4, 0.5) is 0 Å². The molecular formula is C7H10Cl4O. The lowest BCUT2D eigenvalue weighted by molar-refractivity contribution is 0.298. The summed E-state index contributed by atoms with van der Waals surface area (Å²) in [6.45, 7) is 2.67. The normalized spacial score (nSPS) is 29.5. The predicted molar refractivity (Wildman–Crippen MR) is 53.5 cm³/mol. The molecule has 0 aromatic heterocycles. The summed E-state index contributed by atoms with van der Waals surface area (Å²) in [6, 6.07) is 0. The van der Waals surface area contributed by atoms with E-state index in [1.165, 1.54) is 0 Å². The minimum Gasteiger partial charge on any atom is -0.370 e. The highest BCUT2D eigenvalue weighted by atomic mass is 35.5. The third-order valence-electron chi connectivity index (χ3n) is 1.72. The Morgan fingerprint density at radius 1 is 1.50 bits per heavy atom. The SMILES string of the molecule is CC1(CC(Cl)(Cl)CC(Cl)Cl)CO1. The zero-order chi connectivity index (χ0) is 9.41. The molecule has 5 heteroatoms. The van der Waals surface area contributed by atoms with E-state index in [4.69, 9.17) is 51.1 Å². The van der Waals surface area contributed by atoms with Crippen molar-refractivity contribution in [1.82, 2.24) is 0 Å². The van der Waals surface area contributed by atoms with Crippen molar-refractivity contribution in [2.24, 2.45) is 0 Å². The lowest BCUT2D eigenvalue weighted by Crippen LogP contribution is -2.24. The number of alkyl halides is 4. The highest BCUT2D eigenvalue weighted by Gasteiger charge is 2.46. The summed E-state index contributed by atoms with van der Waals surface area (Å²) in [7, 11) is 0. The van der Waals surface area contributed by atoms with Crippen LogP contribution in [0.5, 0.6) is 0 Å². The van der Waals surface area contributed by atoms with Crippen LogP contribution >= 0.6 is 46.4 Å². The van der Waals surface area contributed by atoms with E-state index < -0.39 is 9.17 Å². The molecule has 0 amide bonds. The van der Waals surface area contributed by atoms with E-state index in [-0.39, 0.29) is 5.60 Å². The molecule has 12 heavy (non-hydrogen) atoms. The quantitative estimate of drug-likeness (QED) is 0.550. The van der Waals surface area contributed by atoms with E-state index in [0.717, 1.165) is 0 Å². The molecular weight excluding hydrogens is 242 g/mol. The summed E-state index contributed by atoms with van der Waals surface area (Å²) in [6.07, 6.45) is 0.928. The second-order valence-electron chi connectivity index (χ2n) is 3.37. The minimum atomic E-state index is -0.876. The van der Waals surface area contributed by atoms with Gasteiger partial charge in [-0.25, -0.2) is 0 Å². The van der Waals surface area contributed by atoms with Crippen LogP contribution in [0.3, 0.4) is 0 Å². The van der Waals surface area contributed by atoms with Gasteiger partial charge >= 0.3 is 0 Å². The molecule has 1 nitrogen and oxygen atoms in total. The van der Waals surface area contributed by atoms with Crippen molar-refractivity contribution in [2.45, 2.75) is 34.5 Å². The van der Waals surface area contributed by atoms with Crippen molar-refractivity contribution in [3.63, 3.8) is 0 Å². The van der Waals surface area contributed by atoms with Gasteiger partial charge < -0.3 is 4.74 Å². The highest BCUT2D eigenvalue weighted by molar-refractivity contribution is 6.50. The van der Waals surface area contributed by atoms with Crippen LogP contribution < -0.4 is 0 Å². The highest BCUT2D eigenvalue weighted by Crippen LogP contribution is 2.43. The largest absolute Gasteiger partial charge is 0.370 e. The van der Waals surface area contributed by atoms with Gasteiger partial charge in [-0.1, -0.05) is 0 Å². The fourth-order valence-corrected chi connectivity index (χ4v) is 2.79. The Labute approximate surface area is 92.2 Å². The van der Waals surface area contributed by atoms with Gasteiger partial charge in [0, 0.05) is 12.8 Å². The molecule has 0 aromatic rings. The van der Waals surface area contributed by atoms with Gasteiger partial charge in [0.05, 0.1) is 12.2 Å². The van der Waals surface area contributed by atoms with Crippen molar-refractivity contribution < 1.29 is 4.74 Å². The Morgan fingerprint density at radius 3 is 2.33 bits per heavy atom. The van der Waals surface area contributed by atoms with Crippen LogP contribution in [0.1, 0.15) is 19.8 Å². The van der Waals surface area contributed by atoms with Crippen LogP contribution in [0, 0.1) is 0 Å². The molecule has 1 rings (SSSR count). The van der Waals surface area contributed by atoms with Gasteiger partial charge in [0.15, 0.2) is 0 Å². The fourth-order valence-electron chi connectivity index (χ4n) is 1.07. The molecule has 1 fully saturated rings. The van der Waals surface area contributed by atoms with E-state index in [9.17, 15) is 0 Å². The third kappa shape index (κ3) is 3.89. The number of rotatable bonds is 4. The molecule has 1 atom stereocenters. The number of halogens is 4. The maximum Gasteiger partial charge on any atom is 0.123 e. The van der Waals surface area contributed by atoms with Gasteiger partial charge in [-0.2, -0.15) is 0 Å². The lowest BCUT2D eigenvalue weighted by Gasteiger charge is -2.21. The first-order valence-electron chi connectivity index (χ1n) is 3.63. The fraction of sp³-hybridized carbons (Fsp3) is 1.00. The molecule has 1 saturated heterocycles. The zero-order valence-corrected chi connectivity index (χ0v) is 9.64. The average molecular weight is 252 g/mol.